The Bertz CT molecular complexity index is 638. The number of hydrogen-bond donors (Lipinski definition) is 1. The third kappa shape index (κ3) is 5.42. The molecule has 1 aromatic carbocycles. The van der Waals surface area contributed by atoms with Crippen LogP contribution >= 0.6 is 0 Å². The Morgan fingerprint density at radius 2 is 1.96 bits per heavy atom. The van der Waals surface area contributed by atoms with Crippen LogP contribution in [0.1, 0.15) is 37.0 Å². The molecule has 0 saturated carbocycles. The maximum absolute atomic E-state index is 12.3. The topological polar surface area (TPSA) is 78.7 Å². The Balaban J connectivity index is 2.13. The number of benzene rings is 1. The molecule has 2 atom stereocenters. The smallest absolute Gasteiger partial charge is 0.293 e. The monoisotopic (exact) mass is 362 g/mol. The lowest BCUT2D eigenvalue weighted by Crippen LogP contribution is -2.39. The van der Waals surface area contributed by atoms with Gasteiger partial charge >= 0.3 is 0 Å². The summed E-state index contributed by atoms with van der Waals surface area (Å²) in [5.41, 5.74) is 0.952. The highest BCUT2D eigenvalue weighted by atomic mass is 16.6. The van der Waals surface area contributed by atoms with Crippen molar-refractivity contribution in [3.8, 4) is 0 Å². The summed E-state index contributed by atoms with van der Waals surface area (Å²) in [5, 5.41) is 14.4. The van der Waals surface area contributed by atoms with E-state index in [9.17, 15) is 14.9 Å². The van der Waals surface area contributed by atoms with Gasteiger partial charge in [-0.3, -0.25) is 14.9 Å². The Morgan fingerprint density at radius 3 is 2.54 bits per heavy atom. The first-order valence-electron chi connectivity index (χ1n) is 9.24. The van der Waals surface area contributed by atoms with Gasteiger partial charge in [0.1, 0.15) is 5.69 Å². The lowest BCUT2D eigenvalue weighted by molar-refractivity contribution is -0.384. The number of amides is 1. The number of piperidine rings is 1. The number of hydrogen-bond acceptors (Lipinski definition) is 5. The molecule has 2 unspecified atom stereocenters. The zero-order valence-corrected chi connectivity index (χ0v) is 16.2. The van der Waals surface area contributed by atoms with Crippen molar-refractivity contribution in [1.82, 2.24) is 10.2 Å². The molecule has 0 aliphatic carbocycles. The van der Waals surface area contributed by atoms with E-state index in [2.05, 4.69) is 24.1 Å². The lowest BCUT2D eigenvalue weighted by Gasteiger charge is -2.36. The second kappa shape index (κ2) is 8.98. The summed E-state index contributed by atoms with van der Waals surface area (Å²) in [7, 11) is 3.96. The van der Waals surface area contributed by atoms with Gasteiger partial charge in [-0.15, -0.1) is 0 Å². The molecule has 26 heavy (non-hydrogen) atoms. The third-order valence-electron chi connectivity index (χ3n) is 4.71. The van der Waals surface area contributed by atoms with Gasteiger partial charge in [0, 0.05) is 31.3 Å². The molecule has 1 fully saturated rings. The summed E-state index contributed by atoms with van der Waals surface area (Å²) < 4.78 is 0. The van der Waals surface area contributed by atoms with E-state index in [-0.39, 0.29) is 16.5 Å². The molecule has 1 N–H and O–H groups in total. The molecule has 0 aromatic heterocycles. The van der Waals surface area contributed by atoms with Crippen molar-refractivity contribution in [1.29, 1.82) is 0 Å². The molecule has 7 nitrogen and oxygen atoms in total. The largest absolute Gasteiger partial charge is 0.365 e. The SMILES string of the molecule is CC1CC(C)CN(c2ccc(C(=O)NCCCN(C)C)cc2[N+](=O)[O-])C1. The molecule has 7 heteroatoms. The lowest BCUT2D eigenvalue weighted by atomic mass is 9.91. The first-order chi connectivity index (χ1) is 12.3. The molecule has 1 aliphatic heterocycles. The molecule has 1 amide bonds. The first kappa shape index (κ1) is 20.2. The standard InChI is InChI=1S/C19H30N4O3/c1-14-10-15(2)13-22(12-14)17-7-6-16(11-18(17)23(25)26)19(24)20-8-5-9-21(3)4/h6-7,11,14-15H,5,8-10,12-13H2,1-4H3,(H,20,24). The predicted octanol–water partition coefficient (Wildman–Crippen LogP) is 2.76. The van der Waals surface area contributed by atoms with Crippen LogP contribution in [0.15, 0.2) is 18.2 Å². The van der Waals surface area contributed by atoms with Crippen LogP contribution in [-0.4, -0.2) is 56.0 Å². The van der Waals surface area contributed by atoms with Gasteiger partial charge in [-0.05, 0) is 57.5 Å². The fourth-order valence-electron chi connectivity index (χ4n) is 3.64. The third-order valence-corrected chi connectivity index (χ3v) is 4.71. The number of anilines is 1. The maximum atomic E-state index is 12.3. The van der Waals surface area contributed by atoms with E-state index in [4.69, 9.17) is 0 Å². The van der Waals surface area contributed by atoms with Gasteiger partial charge in [0.05, 0.1) is 4.92 Å². The Hall–Kier alpha value is -2.15. The van der Waals surface area contributed by atoms with E-state index >= 15 is 0 Å². The summed E-state index contributed by atoms with van der Waals surface area (Å²) in [6.07, 6.45) is 1.97. The van der Waals surface area contributed by atoms with Crippen LogP contribution in [0, 0.1) is 22.0 Å². The number of nitrogens with one attached hydrogen (secondary N) is 1. The zero-order valence-electron chi connectivity index (χ0n) is 16.2. The molecule has 0 bridgehead atoms. The van der Waals surface area contributed by atoms with Crippen LogP contribution in [0.4, 0.5) is 11.4 Å². The summed E-state index contributed by atoms with van der Waals surface area (Å²) in [4.78, 5) is 27.6. The highest BCUT2D eigenvalue weighted by molar-refractivity contribution is 5.95. The molecule has 1 heterocycles. The van der Waals surface area contributed by atoms with Gasteiger partial charge in [-0.1, -0.05) is 13.8 Å². The predicted molar refractivity (Wildman–Crippen MR) is 104 cm³/mol. The van der Waals surface area contributed by atoms with Crippen molar-refractivity contribution in [3.63, 3.8) is 0 Å². The second-order valence-electron chi connectivity index (χ2n) is 7.72. The summed E-state index contributed by atoms with van der Waals surface area (Å²) in [5.74, 6) is 0.731. The minimum atomic E-state index is -0.387. The molecule has 2 rings (SSSR count). The van der Waals surface area contributed by atoms with Crippen molar-refractivity contribution in [2.45, 2.75) is 26.7 Å². The minimum Gasteiger partial charge on any atom is -0.365 e. The first-order valence-corrected chi connectivity index (χ1v) is 9.24. The van der Waals surface area contributed by atoms with Crippen molar-refractivity contribution < 1.29 is 9.72 Å². The summed E-state index contributed by atoms with van der Waals surface area (Å²) in [6.45, 7) is 7.38. The number of carbonyl (C=O) groups is 1. The Labute approximate surface area is 155 Å². The van der Waals surface area contributed by atoms with Gasteiger partial charge < -0.3 is 15.1 Å². The molecule has 0 radical (unpaired) electrons. The van der Waals surface area contributed by atoms with E-state index in [0.717, 1.165) is 32.5 Å². The van der Waals surface area contributed by atoms with Gasteiger partial charge in [0.15, 0.2) is 0 Å². The molecular formula is C19H30N4O3. The van der Waals surface area contributed by atoms with Crippen molar-refractivity contribution in [2.75, 3.05) is 45.2 Å². The van der Waals surface area contributed by atoms with Crippen molar-refractivity contribution in [2.24, 2.45) is 11.8 Å². The van der Waals surface area contributed by atoms with Gasteiger partial charge in [0.25, 0.3) is 11.6 Å². The number of nitro benzene ring substituents is 1. The van der Waals surface area contributed by atoms with Gasteiger partial charge in [-0.25, -0.2) is 0 Å². The van der Waals surface area contributed by atoms with Gasteiger partial charge in [-0.2, -0.15) is 0 Å². The van der Waals surface area contributed by atoms with E-state index in [1.54, 1.807) is 12.1 Å². The molecule has 144 valence electrons. The summed E-state index contributed by atoms with van der Waals surface area (Å²) in [6, 6.07) is 4.81. The van der Waals surface area contributed by atoms with Crippen LogP contribution in [0.25, 0.3) is 0 Å². The summed E-state index contributed by atoms with van der Waals surface area (Å²) >= 11 is 0. The fourth-order valence-corrected chi connectivity index (χ4v) is 3.64. The molecule has 1 saturated heterocycles. The number of rotatable bonds is 7. The van der Waals surface area contributed by atoms with Crippen molar-refractivity contribution >= 4 is 17.3 Å². The minimum absolute atomic E-state index is 0.00671. The average molecular weight is 362 g/mol. The highest BCUT2D eigenvalue weighted by Crippen LogP contribution is 2.33. The van der Waals surface area contributed by atoms with Crippen LogP contribution in [-0.2, 0) is 0 Å². The molecule has 1 aliphatic rings. The Kier molecular flexibility index (Phi) is 6.97. The molecule has 0 spiro atoms. The van der Waals surface area contributed by atoms with Crippen LogP contribution < -0.4 is 10.2 Å². The number of nitrogens with zero attached hydrogens (tertiary/aromatic N) is 3. The number of carbonyl (C=O) groups excluding carboxylic acids is 1. The fraction of sp³-hybridized carbons (Fsp3) is 0.632. The number of nitro groups is 1. The normalized spacial score (nSPS) is 20.3. The van der Waals surface area contributed by atoms with E-state index in [1.165, 1.54) is 6.07 Å². The van der Waals surface area contributed by atoms with Gasteiger partial charge in [0.2, 0.25) is 0 Å². The molecule has 1 aromatic rings. The van der Waals surface area contributed by atoms with Crippen molar-refractivity contribution in [3.05, 3.63) is 33.9 Å². The maximum Gasteiger partial charge on any atom is 0.293 e. The quantitative estimate of drug-likeness (QED) is 0.458. The zero-order chi connectivity index (χ0) is 19.3. The average Bonchev–Trinajstić information content (AvgIpc) is 2.56. The van der Waals surface area contributed by atoms with E-state index < -0.39 is 0 Å². The van der Waals surface area contributed by atoms with Crippen LogP contribution in [0.2, 0.25) is 0 Å². The molecular weight excluding hydrogens is 332 g/mol. The van der Waals surface area contributed by atoms with Crippen LogP contribution in [0.5, 0.6) is 0 Å². The van der Waals surface area contributed by atoms with E-state index in [1.807, 2.05) is 19.0 Å². The van der Waals surface area contributed by atoms with Crippen LogP contribution in [0.3, 0.4) is 0 Å². The van der Waals surface area contributed by atoms with E-state index in [0.29, 0.717) is 29.6 Å². The second-order valence-corrected chi connectivity index (χ2v) is 7.72. The highest BCUT2D eigenvalue weighted by Gasteiger charge is 2.27. The Morgan fingerprint density at radius 1 is 1.31 bits per heavy atom.